The Kier molecular flexibility index (Phi) is 8.01. The van der Waals surface area contributed by atoms with Crippen molar-refractivity contribution < 1.29 is 4.79 Å². The summed E-state index contributed by atoms with van der Waals surface area (Å²) in [5.41, 5.74) is 3.65. The molecule has 0 bridgehead atoms. The van der Waals surface area contributed by atoms with Crippen molar-refractivity contribution in [1.82, 2.24) is 25.2 Å². The number of carbonyl (C=O) groups is 1. The lowest BCUT2D eigenvalue weighted by Gasteiger charge is -2.32. The molecule has 154 valence electrons. The van der Waals surface area contributed by atoms with Crippen LogP contribution in [0.4, 0.5) is 0 Å². The van der Waals surface area contributed by atoms with E-state index in [0.29, 0.717) is 17.7 Å². The highest BCUT2D eigenvalue weighted by Gasteiger charge is 2.28. The first-order chi connectivity index (χ1) is 13.0. The maximum atomic E-state index is 13.2. The molecular formula is C21H32ClN5O. The lowest BCUT2D eigenvalue weighted by molar-refractivity contribution is 0.0691. The van der Waals surface area contributed by atoms with Crippen LogP contribution in [0.2, 0.25) is 0 Å². The number of aromatic nitrogens is 3. The molecule has 2 heterocycles. The van der Waals surface area contributed by atoms with Gasteiger partial charge in [-0.3, -0.25) is 4.79 Å². The van der Waals surface area contributed by atoms with Gasteiger partial charge in [0.15, 0.2) is 5.69 Å². The molecule has 1 aliphatic heterocycles. The Hall–Kier alpha value is -1.92. The Bertz CT molecular complexity index is 789. The second-order valence-electron chi connectivity index (χ2n) is 7.68. The molecule has 1 atom stereocenters. The molecular weight excluding hydrogens is 374 g/mol. The van der Waals surface area contributed by atoms with Crippen molar-refractivity contribution in [3.63, 3.8) is 0 Å². The van der Waals surface area contributed by atoms with Gasteiger partial charge in [0.05, 0.1) is 11.4 Å². The van der Waals surface area contributed by atoms with Gasteiger partial charge >= 0.3 is 0 Å². The minimum absolute atomic E-state index is 0. The summed E-state index contributed by atoms with van der Waals surface area (Å²) in [6.07, 6.45) is 3.85. The van der Waals surface area contributed by atoms with Crippen LogP contribution in [0.25, 0.3) is 5.69 Å². The summed E-state index contributed by atoms with van der Waals surface area (Å²) in [6.45, 7) is 8.00. The normalized spacial score (nSPS) is 16.9. The van der Waals surface area contributed by atoms with Crippen LogP contribution in [0.15, 0.2) is 24.3 Å². The van der Waals surface area contributed by atoms with Gasteiger partial charge in [-0.15, -0.1) is 17.5 Å². The summed E-state index contributed by atoms with van der Waals surface area (Å²) in [6, 6.07) is 8.71. The lowest BCUT2D eigenvalue weighted by Crippen LogP contribution is -2.47. The molecule has 1 saturated heterocycles. The van der Waals surface area contributed by atoms with Crippen LogP contribution in [-0.4, -0.2) is 52.0 Å². The third-order valence-corrected chi connectivity index (χ3v) is 5.35. The van der Waals surface area contributed by atoms with E-state index in [9.17, 15) is 4.79 Å². The van der Waals surface area contributed by atoms with Gasteiger partial charge in [0.2, 0.25) is 0 Å². The van der Waals surface area contributed by atoms with E-state index >= 15 is 0 Å². The highest BCUT2D eigenvalue weighted by molar-refractivity contribution is 5.93. The topological polar surface area (TPSA) is 63.1 Å². The largest absolute Gasteiger partial charge is 0.336 e. The molecule has 1 aromatic heterocycles. The van der Waals surface area contributed by atoms with Gasteiger partial charge in [0.25, 0.3) is 5.91 Å². The number of nitrogens with zero attached hydrogens (tertiary/aromatic N) is 4. The van der Waals surface area contributed by atoms with Gasteiger partial charge < -0.3 is 10.2 Å². The van der Waals surface area contributed by atoms with Crippen LogP contribution in [0.1, 0.15) is 67.7 Å². The zero-order valence-electron chi connectivity index (χ0n) is 17.3. The molecule has 28 heavy (non-hydrogen) atoms. The van der Waals surface area contributed by atoms with Gasteiger partial charge in [-0.1, -0.05) is 44.5 Å². The summed E-state index contributed by atoms with van der Waals surface area (Å²) in [7, 11) is 1.96. The lowest BCUT2D eigenvalue weighted by atomic mass is 10.0. The molecule has 0 spiro atoms. The van der Waals surface area contributed by atoms with Crippen LogP contribution in [0.3, 0.4) is 0 Å². The first-order valence-electron chi connectivity index (χ1n) is 10.1. The van der Waals surface area contributed by atoms with Crippen molar-refractivity contribution in [2.75, 3.05) is 20.1 Å². The van der Waals surface area contributed by atoms with E-state index in [4.69, 9.17) is 0 Å². The standard InChI is InChI=1S/C21H31N5O.ClH/c1-5-8-19-20(21(27)25-12-7-10-17(14-25)22-4)23-24-26(19)18-11-6-9-16(13-18)15(2)3;/h6,9,11,13,15,17,22H,5,7-8,10,12,14H2,1-4H3;1H. The molecule has 0 saturated carbocycles. The van der Waals surface area contributed by atoms with E-state index in [1.54, 1.807) is 0 Å². The number of hydrogen-bond donors (Lipinski definition) is 1. The quantitative estimate of drug-likeness (QED) is 0.797. The Labute approximate surface area is 174 Å². The summed E-state index contributed by atoms with van der Waals surface area (Å²) in [5.74, 6) is 0.445. The van der Waals surface area contributed by atoms with Crippen molar-refractivity contribution in [1.29, 1.82) is 0 Å². The Morgan fingerprint density at radius 2 is 2.14 bits per heavy atom. The van der Waals surface area contributed by atoms with Crippen molar-refractivity contribution in [3.8, 4) is 5.69 Å². The van der Waals surface area contributed by atoms with E-state index in [1.165, 1.54) is 5.56 Å². The highest BCUT2D eigenvalue weighted by Crippen LogP contribution is 2.22. The number of amides is 1. The number of hydrogen-bond acceptors (Lipinski definition) is 4. The van der Waals surface area contributed by atoms with Gasteiger partial charge in [-0.05, 0) is 49.9 Å². The van der Waals surface area contributed by atoms with E-state index in [2.05, 4.69) is 48.5 Å². The number of rotatable bonds is 6. The monoisotopic (exact) mass is 405 g/mol. The Balaban J connectivity index is 0.00000280. The molecule has 3 rings (SSSR count). The molecule has 2 aromatic rings. The van der Waals surface area contributed by atoms with Gasteiger partial charge in [-0.2, -0.15) is 0 Å². The summed E-state index contributed by atoms with van der Waals surface area (Å²) in [4.78, 5) is 15.1. The number of likely N-dealkylation sites (N-methyl/N-ethyl adjacent to an activating group) is 1. The van der Waals surface area contributed by atoms with Crippen LogP contribution >= 0.6 is 12.4 Å². The minimum atomic E-state index is 0. The highest BCUT2D eigenvalue weighted by atomic mass is 35.5. The first kappa shape index (κ1) is 22.4. The maximum Gasteiger partial charge on any atom is 0.276 e. The second-order valence-corrected chi connectivity index (χ2v) is 7.68. The fourth-order valence-electron chi connectivity index (χ4n) is 3.70. The van der Waals surface area contributed by atoms with Crippen molar-refractivity contribution in [2.24, 2.45) is 0 Å². The average Bonchev–Trinajstić information content (AvgIpc) is 3.11. The van der Waals surface area contributed by atoms with E-state index in [1.807, 2.05) is 28.8 Å². The minimum Gasteiger partial charge on any atom is -0.336 e. The number of halogens is 1. The van der Waals surface area contributed by atoms with Gasteiger partial charge in [0.1, 0.15) is 0 Å². The summed E-state index contributed by atoms with van der Waals surface area (Å²) >= 11 is 0. The molecule has 1 aliphatic rings. The maximum absolute atomic E-state index is 13.2. The second kappa shape index (κ2) is 10.0. The van der Waals surface area contributed by atoms with Crippen LogP contribution in [0, 0.1) is 0 Å². The molecule has 1 aromatic carbocycles. The SMILES string of the molecule is CCCc1c(C(=O)N2CCCC(NC)C2)nnn1-c1cccc(C(C)C)c1.Cl. The molecule has 1 amide bonds. The van der Waals surface area contributed by atoms with Crippen molar-refractivity contribution >= 4 is 18.3 Å². The zero-order chi connectivity index (χ0) is 19.4. The van der Waals surface area contributed by atoms with Crippen LogP contribution < -0.4 is 5.32 Å². The zero-order valence-corrected chi connectivity index (χ0v) is 18.1. The van der Waals surface area contributed by atoms with E-state index < -0.39 is 0 Å². The van der Waals surface area contributed by atoms with Gasteiger partial charge in [0, 0.05) is 19.1 Å². The molecule has 0 aliphatic carbocycles. The Morgan fingerprint density at radius 3 is 2.82 bits per heavy atom. The molecule has 7 heteroatoms. The molecule has 1 N–H and O–H groups in total. The number of nitrogens with one attached hydrogen (secondary N) is 1. The molecule has 6 nitrogen and oxygen atoms in total. The van der Waals surface area contributed by atoms with E-state index in [0.717, 1.165) is 50.2 Å². The number of benzene rings is 1. The molecule has 1 fully saturated rings. The Morgan fingerprint density at radius 1 is 1.36 bits per heavy atom. The summed E-state index contributed by atoms with van der Waals surface area (Å²) in [5, 5.41) is 12.0. The fourth-order valence-corrected chi connectivity index (χ4v) is 3.70. The summed E-state index contributed by atoms with van der Waals surface area (Å²) < 4.78 is 1.85. The van der Waals surface area contributed by atoms with Crippen molar-refractivity contribution in [2.45, 2.75) is 58.4 Å². The smallest absolute Gasteiger partial charge is 0.276 e. The predicted molar refractivity (Wildman–Crippen MR) is 115 cm³/mol. The third kappa shape index (κ3) is 4.73. The number of piperidine rings is 1. The number of carbonyl (C=O) groups excluding carboxylic acids is 1. The van der Waals surface area contributed by atoms with Crippen molar-refractivity contribution in [3.05, 3.63) is 41.2 Å². The van der Waals surface area contributed by atoms with Crippen LogP contribution in [-0.2, 0) is 6.42 Å². The molecule has 0 radical (unpaired) electrons. The van der Waals surface area contributed by atoms with Gasteiger partial charge in [-0.25, -0.2) is 4.68 Å². The van der Waals surface area contributed by atoms with E-state index in [-0.39, 0.29) is 18.3 Å². The number of likely N-dealkylation sites (tertiary alicyclic amines) is 1. The fraction of sp³-hybridized carbons (Fsp3) is 0.571. The predicted octanol–water partition coefficient (Wildman–Crippen LogP) is 3.59. The first-order valence-corrected chi connectivity index (χ1v) is 10.1. The average molecular weight is 406 g/mol. The third-order valence-electron chi connectivity index (χ3n) is 5.35. The van der Waals surface area contributed by atoms with Crippen LogP contribution in [0.5, 0.6) is 0 Å². The molecule has 1 unspecified atom stereocenters.